The molecule has 0 aromatic rings. The smallest absolute Gasteiger partial charge is 0.237 e. The van der Waals surface area contributed by atoms with Gasteiger partial charge < -0.3 is 11.1 Å². The van der Waals surface area contributed by atoms with Gasteiger partial charge >= 0.3 is 0 Å². The zero-order valence-electron chi connectivity index (χ0n) is 12.3. The van der Waals surface area contributed by atoms with E-state index in [2.05, 4.69) is 33.0 Å². The molecule has 3 heteroatoms. The molecule has 0 heterocycles. The molecule has 18 heavy (non-hydrogen) atoms. The van der Waals surface area contributed by atoms with Crippen molar-refractivity contribution < 1.29 is 4.79 Å². The third kappa shape index (κ3) is 2.07. The lowest BCUT2D eigenvalue weighted by Crippen LogP contribution is -2.55. The number of fused-ring (bicyclic) bond motifs is 2. The third-order valence-corrected chi connectivity index (χ3v) is 5.49. The van der Waals surface area contributed by atoms with Gasteiger partial charge in [0.05, 0.1) is 6.04 Å². The summed E-state index contributed by atoms with van der Waals surface area (Å²) in [7, 11) is 0. The minimum Gasteiger partial charge on any atom is -0.351 e. The molecule has 0 saturated heterocycles. The molecule has 2 fully saturated rings. The van der Waals surface area contributed by atoms with Crippen molar-refractivity contribution >= 4 is 5.91 Å². The van der Waals surface area contributed by atoms with E-state index in [0.29, 0.717) is 6.04 Å². The van der Waals surface area contributed by atoms with Crippen molar-refractivity contribution in [2.45, 2.75) is 71.9 Å². The molecule has 2 aliphatic rings. The second kappa shape index (κ2) is 4.52. The van der Waals surface area contributed by atoms with Crippen LogP contribution < -0.4 is 11.1 Å². The lowest BCUT2D eigenvalue weighted by Gasteiger charge is -2.43. The van der Waals surface area contributed by atoms with Gasteiger partial charge in [-0.2, -0.15) is 0 Å². The van der Waals surface area contributed by atoms with E-state index in [-0.39, 0.29) is 22.8 Å². The number of hydrogen-bond acceptors (Lipinski definition) is 2. The Labute approximate surface area is 111 Å². The number of hydrogen-bond donors (Lipinski definition) is 2. The average molecular weight is 252 g/mol. The Hall–Kier alpha value is -0.570. The highest BCUT2D eigenvalue weighted by molar-refractivity contribution is 5.82. The molecular weight excluding hydrogens is 224 g/mol. The molecule has 2 bridgehead atoms. The van der Waals surface area contributed by atoms with Crippen LogP contribution in [0.5, 0.6) is 0 Å². The molecule has 3 N–H and O–H groups in total. The normalized spacial score (nSPS) is 38.7. The topological polar surface area (TPSA) is 55.1 Å². The molecule has 2 rings (SSSR count). The van der Waals surface area contributed by atoms with E-state index in [0.717, 1.165) is 18.8 Å². The fourth-order valence-electron chi connectivity index (χ4n) is 4.35. The van der Waals surface area contributed by atoms with Crippen LogP contribution in [-0.2, 0) is 4.79 Å². The summed E-state index contributed by atoms with van der Waals surface area (Å²) in [6.45, 7) is 9.00. The van der Waals surface area contributed by atoms with E-state index in [9.17, 15) is 4.79 Å². The summed E-state index contributed by atoms with van der Waals surface area (Å²) in [4.78, 5) is 12.2. The maximum atomic E-state index is 12.2. The Morgan fingerprint density at radius 1 is 1.44 bits per heavy atom. The molecule has 0 aliphatic heterocycles. The lowest BCUT2D eigenvalue weighted by atomic mass is 9.68. The van der Waals surface area contributed by atoms with Gasteiger partial charge in [-0.25, -0.2) is 0 Å². The Morgan fingerprint density at radius 3 is 2.61 bits per heavy atom. The molecule has 1 amide bonds. The highest BCUT2D eigenvalue weighted by Crippen LogP contribution is 2.62. The molecule has 2 aliphatic carbocycles. The van der Waals surface area contributed by atoms with Gasteiger partial charge in [-0.1, -0.05) is 34.1 Å². The summed E-state index contributed by atoms with van der Waals surface area (Å²) in [5, 5.41) is 3.26. The minimum atomic E-state index is -0.339. The standard InChI is InChI=1S/C15H28N2O/c1-5-6-11(16)12(18)17-13-14(2,3)10-7-8-15(13,4)9-10/h10-11,13H,5-9,16H2,1-4H3,(H,17,18)/t10?,11-,13?,15?/m1/s1. The minimum absolute atomic E-state index is 0.0451. The van der Waals surface area contributed by atoms with Gasteiger partial charge in [-0.15, -0.1) is 0 Å². The van der Waals surface area contributed by atoms with E-state index in [1.54, 1.807) is 0 Å². The number of carbonyl (C=O) groups excluding carboxylic acids is 1. The molecule has 0 radical (unpaired) electrons. The van der Waals surface area contributed by atoms with Crippen LogP contribution in [-0.4, -0.2) is 18.0 Å². The van der Waals surface area contributed by atoms with Crippen LogP contribution >= 0.6 is 0 Å². The maximum absolute atomic E-state index is 12.2. The Balaban J connectivity index is 2.07. The molecule has 0 aromatic carbocycles. The van der Waals surface area contributed by atoms with Gasteiger partial charge in [0, 0.05) is 6.04 Å². The van der Waals surface area contributed by atoms with Gasteiger partial charge in [0.15, 0.2) is 0 Å². The van der Waals surface area contributed by atoms with Gasteiger partial charge in [-0.3, -0.25) is 4.79 Å². The van der Waals surface area contributed by atoms with Crippen LogP contribution in [0.1, 0.15) is 59.8 Å². The van der Waals surface area contributed by atoms with Crippen molar-refractivity contribution in [1.82, 2.24) is 5.32 Å². The summed E-state index contributed by atoms with van der Waals surface area (Å²) in [5.74, 6) is 0.805. The lowest BCUT2D eigenvalue weighted by molar-refractivity contribution is -0.125. The molecule has 0 aromatic heterocycles. The van der Waals surface area contributed by atoms with Crippen LogP contribution in [0.2, 0.25) is 0 Å². The first-order chi connectivity index (χ1) is 8.31. The van der Waals surface area contributed by atoms with E-state index < -0.39 is 0 Å². The molecule has 4 atom stereocenters. The zero-order valence-corrected chi connectivity index (χ0v) is 12.3. The van der Waals surface area contributed by atoms with Crippen LogP contribution in [0.15, 0.2) is 0 Å². The van der Waals surface area contributed by atoms with Crippen molar-refractivity contribution in [2.24, 2.45) is 22.5 Å². The van der Waals surface area contributed by atoms with Gasteiger partial charge in [-0.05, 0) is 42.4 Å². The summed E-state index contributed by atoms with van der Waals surface area (Å²) in [6.07, 6.45) is 5.56. The monoisotopic (exact) mass is 252 g/mol. The molecule has 2 saturated carbocycles. The first kappa shape index (κ1) is 13.9. The Kier molecular flexibility index (Phi) is 3.48. The molecule has 0 spiro atoms. The van der Waals surface area contributed by atoms with Crippen molar-refractivity contribution in [1.29, 1.82) is 0 Å². The predicted octanol–water partition coefficient (Wildman–Crippen LogP) is 2.44. The second-order valence-corrected chi connectivity index (χ2v) is 7.25. The van der Waals surface area contributed by atoms with Gasteiger partial charge in [0.1, 0.15) is 0 Å². The van der Waals surface area contributed by atoms with Crippen molar-refractivity contribution in [2.75, 3.05) is 0 Å². The second-order valence-electron chi connectivity index (χ2n) is 7.25. The number of rotatable bonds is 4. The van der Waals surface area contributed by atoms with Crippen molar-refractivity contribution in [3.8, 4) is 0 Å². The number of nitrogens with one attached hydrogen (secondary N) is 1. The highest BCUT2D eigenvalue weighted by atomic mass is 16.2. The van der Waals surface area contributed by atoms with E-state index in [4.69, 9.17) is 5.73 Å². The van der Waals surface area contributed by atoms with Crippen molar-refractivity contribution in [3.63, 3.8) is 0 Å². The SMILES string of the molecule is CCC[C@@H](N)C(=O)NC1C2(C)CCC(C2)C1(C)C. The van der Waals surface area contributed by atoms with Crippen LogP contribution in [0.25, 0.3) is 0 Å². The zero-order chi connectivity index (χ0) is 13.6. The average Bonchev–Trinajstić information content (AvgIpc) is 2.75. The number of nitrogens with two attached hydrogens (primary N) is 1. The third-order valence-electron chi connectivity index (χ3n) is 5.49. The first-order valence-corrected chi connectivity index (χ1v) is 7.37. The van der Waals surface area contributed by atoms with Crippen molar-refractivity contribution in [3.05, 3.63) is 0 Å². The first-order valence-electron chi connectivity index (χ1n) is 7.37. The molecular formula is C15H28N2O. The number of amides is 1. The fourth-order valence-corrected chi connectivity index (χ4v) is 4.35. The van der Waals surface area contributed by atoms with E-state index >= 15 is 0 Å². The number of carbonyl (C=O) groups is 1. The summed E-state index contributed by atoms with van der Waals surface area (Å²) >= 11 is 0. The molecule has 3 unspecified atom stereocenters. The Morgan fingerprint density at radius 2 is 2.11 bits per heavy atom. The predicted molar refractivity (Wildman–Crippen MR) is 74.0 cm³/mol. The molecule has 3 nitrogen and oxygen atoms in total. The fraction of sp³-hybridized carbons (Fsp3) is 0.933. The van der Waals surface area contributed by atoms with E-state index in [1.807, 2.05) is 0 Å². The maximum Gasteiger partial charge on any atom is 0.237 e. The highest BCUT2D eigenvalue weighted by Gasteiger charge is 2.59. The van der Waals surface area contributed by atoms with Crippen LogP contribution in [0, 0.1) is 16.7 Å². The molecule has 104 valence electrons. The van der Waals surface area contributed by atoms with Gasteiger partial charge in [0.2, 0.25) is 5.91 Å². The van der Waals surface area contributed by atoms with Crippen LogP contribution in [0.4, 0.5) is 0 Å². The Bertz CT molecular complexity index is 335. The van der Waals surface area contributed by atoms with E-state index in [1.165, 1.54) is 19.3 Å². The summed E-state index contributed by atoms with van der Waals surface area (Å²) in [5.41, 5.74) is 6.43. The summed E-state index contributed by atoms with van der Waals surface area (Å²) in [6, 6.07) is -0.0484. The van der Waals surface area contributed by atoms with Crippen LogP contribution in [0.3, 0.4) is 0 Å². The largest absolute Gasteiger partial charge is 0.351 e. The quantitative estimate of drug-likeness (QED) is 0.807. The van der Waals surface area contributed by atoms with Gasteiger partial charge in [0.25, 0.3) is 0 Å². The summed E-state index contributed by atoms with van der Waals surface area (Å²) < 4.78 is 0.